The van der Waals surface area contributed by atoms with Crippen LogP contribution in [0.3, 0.4) is 0 Å². The van der Waals surface area contributed by atoms with Gasteiger partial charge in [0, 0.05) is 22.7 Å². The molecule has 2 heterocycles. The van der Waals surface area contributed by atoms with Crippen LogP contribution < -0.4 is 5.32 Å². The first-order valence-corrected chi connectivity index (χ1v) is 12.6. The Bertz CT molecular complexity index is 1110. The third kappa shape index (κ3) is 4.88. The van der Waals surface area contributed by atoms with Gasteiger partial charge >= 0.3 is 5.97 Å². The molecule has 1 aromatic carbocycles. The summed E-state index contributed by atoms with van der Waals surface area (Å²) in [6, 6.07) is 9.91. The fraction of sp³-hybridized carbons (Fsp3) is 0.391. The van der Waals surface area contributed by atoms with Crippen LogP contribution in [0.15, 0.2) is 35.5 Å². The maximum absolute atomic E-state index is 12.7. The number of thiophene rings is 1. The van der Waals surface area contributed by atoms with E-state index in [9.17, 15) is 9.59 Å². The number of esters is 1. The van der Waals surface area contributed by atoms with E-state index >= 15 is 0 Å². The molecule has 0 spiro atoms. The highest BCUT2D eigenvalue weighted by Gasteiger charge is 2.27. The minimum atomic E-state index is -0.344. The molecule has 9 heteroatoms. The molecule has 3 aromatic rings. The Morgan fingerprint density at radius 2 is 1.97 bits per heavy atom. The highest BCUT2D eigenvalue weighted by Crippen LogP contribution is 2.38. The van der Waals surface area contributed by atoms with E-state index in [4.69, 9.17) is 4.74 Å². The van der Waals surface area contributed by atoms with Crippen LogP contribution in [0.5, 0.6) is 0 Å². The minimum absolute atomic E-state index is 0.121. The minimum Gasteiger partial charge on any atom is -0.462 e. The SMILES string of the molecule is CCOC(=O)c1c(NC(=O)CCSc2nnc(C)n2-c2ccccc2)sc2c1CCCC2. The van der Waals surface area contributed by atoms with Crippen LogP contribution in [0.2, 0.25) is 0 Å². The number of nitrogens with zero attached hydrogens (tertiary/aromatic N) is 3. The molecule has 168 valence electrons. The van der Waals surface area contributed by atoms with Gasteiger partial charge in [-0.3, -0.25) is 9.36 Å². The van der Waals surface area contributed by atoms with Crippen LogP contribution in [-0.4, -0.2) is 39.0 Å². The first kappa shape index (κ1) is 22.5. The number of hydrogen-bond acceptors (Lipinski definition) is 7. The van der Waals surface area contributed by atoms with E-state index < -0.39 is 0 Å². The number of anilines is 1. The molecule has 7 nitrogen and oxygen atoms in total. The van der Waals surface area contributed by atoms with Gasteiger partial charge in [0.15, 0.2) is 5.16 Å². The molecule has 1 aliphatic rings. The number of aryl methyl sites for hydroxylation is 2. The predicted molar refractivity (Wildman–Crippen MR) is 127 cm³/mol. The third-order valence-electron chi connectivity index (χ3n) is 5.27. The van der Waals surface area contributed by atoms with Crippen molar-refractivity contribution in [2.24, 2.45) is 0 Å². The summed E-state index contributed by atoms with van der Waals surface area (Å²) in [6.07, 6.45) is 4.28. The number of fused-ring (bicyclic) bond motifs is 1. The van der Waals surface area contributed by atoms with E-state index in [0.717, 1.165) is 47.9 Å². The summed E-state index contributed by atoms with van der Waals surface area (Å²) in [5.41, 5.74) is 2.59. The zero-order valence-corrected chi connectivity index (χ0v) is 19.9. The number of hydrogen-bond donors (Lipinski definition) is 1. The van der Waals surface area contributed by atoms with Gasteiger partial charge in [-0.25, -0.2) is 4.79 Å². The monoisotopic (exact) mass is 470 g/mol. The van der Waals surface area contributed by atoms with Crippen molar-refractivity contribution in [3.63, 3.8) is 0 Å². The van der Waals surface area contributed by atoms with Crippen LogP contribution in [-0.2, 0) is 22.4 Å². The fourth-order valence-corrected chi connectivity index (χ4v) is 6.04. The predicted octanol–water partition coefficient (Wildman–Crippen LogP) is 4.81. The second-order valence-corrected chi connectivity index (χ2v) is 9.65. The molecule has 0 unspecified atom stereocenters. The number of para-hydroxylation sites is 1. The van der Waals surface area contributed by atoms with Gasteiger partial charge < -0.3 is 10.1 Å². The third-order valence-corrected chi connectivity index (χ3v) is 7.41. The lowest BCUT2D eigenvalue weighted by atomic mass is 9.95. The van der Waals surface area contributed by atoms with Crippen LogP contribution in [0.1, 0.15) is 52.8 Å². The quantitative estimate of drug-likeness (QED) is 0.375. The Hall–Kier alpha value is -2.65. The van der Waals surface area contributed by atoms with Gasteiger partial charge in [-0.05, 0) is 57.2 Å². The normalized spacial score (nSPS) is 12.9. The lowest BCUT2D eigenvalue weighted by molar-refractivity contribution is -0.115. The van der Waals surface area contributed by atoms with E-state index in [-0.39, 0.29) is 11.9 Å². The summed E-state index contributed by atoms with van der Waals surface area (Å²) in [4.78, 5) is 26.5. The van der Waals surface area contributed by atoms with Crippen LogP contribution >= 0.6 is 23.1 Å². The molecular weight excluding hydrogens is 444 g/mol. The van der Waals surface area contributed by atoms with Gasteiger partial charge in [0.2, 0.25) is 5.91 Å². The lowest BCUT2D eigenvalue weighted by Gasteiger charge is -2.12. The maximum Gasteiger partial charge on any atom is 0.341 e. The Kier molecular flexibility index (Phi) is 7.26. The number of ether oxygens (including phenoxy) is 1. The van der Waals surface area contributed by atoms with Gasteiger partial charge in [-0.1, -0.05) is 30.0 Å². The number of nitrogens with one attached hydrogen (secondary N) is 1. The van der Waals surface area contributed by atoms with E-state index in [0.29, 0.717) is 29.3 Å². The maximum atomic E-state index is 12.7. The molecular formula is C23H26N4O3S2. The van der Waals surface area contributed by atoms with Gasteiger partial charge in [0.1, 0.15) is 10.8 Å². The molecule has 1 N–H and O–H groups in total. The average molecular weight is 471 g/mol. The molecule has 2 aromatic heterocycles. The van der Waals surface area contributed by atoms with E-state index in [1.165, 1.54) is 28.0 Å². The Morgan fingerprint density at radius 1 is 1.19 bits per heavy atom. The van der Waals surface area contributed by atoms with Crippen molar-refractivity contribution in [1.29, 1.82) is 0 Å². The molecule has 0 fully saturated rings. The number of benzene rings is 1. The number of thioether (sulfide) groups is 1. The lowest BCUT2D eigenvalue weighted by Crippen LogP contribution is -2.16. The van der Waals surface area contributed by atoms with E-state index in [2.05, 4.69) is 15.5 Å². The van der Waals surface area contributed by atoms with Crippen molar-refractivity contribution >= 4 is 40.0 Å². The molecule has 1 aliphatic carbocycles. The number of amides is 1. The highest BCUT2D eigenvalue weighted by atomic mass is 32.2. The van der Waals surface area contributed by atoms with Crippen molar-refractivity contribution in [2.75, 3.05) is 17.7 Å². The molecule has 1 amide bonds. The van der Waals surface area contributed by atoms with Gasteiger partial charge in [-0.15, -0.1) is 21.5 Å². The van der Waals surface area contributed by atoms with Crippen LogP contribution in [0.25, 0.3) is 5.69 Å². The van der Waals surface area contributed by atoms with Crippen molar-refractivity contribution in [2.45, 2.75) is 51.1 Å². The van der Waals surface area contributed by atoms with Gasteiger partial charge in [0.05, 0.1) is 12.2 Å². The zero-order chi connectivity index (χ0) is 22.5. The number of carbonyl (C=O) groups is 2. The standard InChI is InChI=1S/C23H26N4O3S2/c1-3-30-22(29)20-17-11-7-8-12-18(17)32-21(20)24-19(28)13-14-31-23-26-25-15(2)27(23)16-9-5-4-6-10-16/h4-6,9-10H,3,7-8,11-14H2,1-2H3,(H,24,28). The second kappa shape index (κ2) is 10.3. The number of rotatable bonds is 8. The Morgan fingerprint density at radius 3 is 2.75 bits per heavy atom. The summed E-state index contributed by atoms with van der Waals surface area (Å²) >= 11 is 3.00. The van der Waals surface area contributed by atoms with Crippen molar-refractivity contribution in [1.82, 2.24) is 14.8 Å². The first-order chi connectivity index (χ1) is 15.6. The fourth-order valence-electron chi connectivity index (χ4n) is 3.81. The smallest absolute Gasteiger partial charge is 0.341 e. The van der Waals surface area contributed by atoms with Crippen molar-refractivity contribution in [3.05, 3.63) is 52.2 Å². The summed E-state index contributed by atoms with van der Waals surface area (Å²) < 4.78 is 7.25. The molecule has 32 heavy (non-hydrogen) atoms. The van der Waals surface area contributed by atoms with E-state index in [1.807, 2.05) is 41.8 Å². The van der Waals surface area contributed by atoms with Crippen molar-refractivity contribution < 1.29 is 14.3 Å². The Labute approximate surface area is 195 Å². The van der Waals surface area contributed by atoms with Crippen molar-refractivity contribution in [3.8, 4) is 5.69 Å². The van der Waals surface area contributed by atoms with Crippen LogP contribution in [0, 0.1) is 6.92 Å². The molecule has 0 bridgehead atoms. The molecule has 0 radical (unpaired) electrons. The van der Waals surface area contributed by atoms with E-state index in [1.54, 1.807) is 6.92 Å². The zero-order valence-electron chi connectivity index (χ0n) is 18.2. The molecule has 0 aliphatic heterocycles. The van der Waals surface area contributed by atoms with Crippen LogP contribution in [0.4, 0.5) is 5.00 Å². The molecule has 0 saturated carbocycles. The highest BCUT2D eigenvalue weighted by molar-refractivity contribution is 7.99. The summed E-state index contributed by atoms with van der Waals surface area (Å²) in [7, 11) is 0. The first-order valence-electron chi connectivity index (χ1n) is 10.8. The molecule has 0 saturated heterocycles. The molecule has 0 atom stereocenters. The molecule has 4 rings (SSSR count). The summed E-state index contributed by atoms with van der Waals surface area (Å²) in [5, 5.41) is 12.8. The Balaban J connectivity index is 1.42. The number of aromatic nitrogens is 3. The van der Waals surface area contributed by atoms with Gasteiger partial charge in [-0.2, -0.15) is 0 Å². The summed E-state index contributed by atoms with van der Waals surface area (Å²) in [5.74, 6) is 0.884. The topological polar surface area (TPSA) is 86.1 Å². The summed E-state index contributed by atoms with van der Waals surface area (Å²) in [6.45, 7) is 4.02. The average Bonchev–Trinajstić information content (AvgIpc) is 3.34. The largest absolute Gasteiger partial charge is 0.462 e. The number of carbonyl (C=O) groups excluding carboxylic acids is 2. The van der Waals surface area contributed by atoms with Gasteiger partial charge in [0.25, 0.3) is 0 Å². The second-order valence-electron chi connectivity index (χ2n) is 7.48.